The molecule has 0 saturated heterocycles. The molecule has 0 aromatic carbocycles. The first-order valence-corrected chi connectivity index (χ1v) is 6.53. The first kappa shape index (κ1) is 11.1. The zero-order valence-corrected chi connectivity index (χ0v) is 9.63. The molecule has 0 atom stereocenters. The van der Waals surface area contributed by atoms with E-state index in [-0.39, 0.29) is 0 Å². The highest BCUT2D eigenvalue weighted by atomic mass is 16.1. The lowest BCUT2D eigenvalue weighted by molar-refractivity contribution is -0.126. The van der Waals surface area contributed by atoms with Crippen LogP contribution in [0.4, 0.5) is 0 Å². The van der Waals surface area contributed by atoms with Crippen LogP contribution in [0.25, 0.3) is 0 Å². The number of hydrogen-bond donors (Lipinski definition) is 1. The highest BCUT2D eigenvalue weighted by Gasteiger charge is 2.36. The number of nitrogens with two attached hydrogens (primary N) is 1. The Labute approximate surface area is 92.6 Å². The summed E-state index contributed by atoms with van der Waals surface area (Å²) in [5.41, 5.74) is 5.79. The van der Waals surface area contributed by atoms with Crippen LogP contribution in [0.5, 0.6) is 0 Å². The maximum atomic E-state index is 12.2. The molecule has 0 radical (unpaired) electrons. The van der Waals surface area contributed by atoms with Crippen molar-refractivity contribution < 1.29 is 4.79 Å². The Morgan fingerprint density at radius 1 is 1.07 bits per heavy atom. The monoisotopic (exact) mass is 209 g/mol. The molecule has 0 spiro atoms. The Balaban J connectivity index is 1.87. The minimum atomic E-state index is -0.444. The molecule has 0 amide bonds. The van der Waals surface area contributed by atoms with Gasteiger partial charge in [0, 0.05) is 6.42 Å². The fraction of sp³-hybridized carbons (Fsp3) is 0.923. The summed E-state index contributed by atoms with van der Waals surface area (Å²) in [7, 11) is 0. The van der Waals surface area contributed by atoms with Crippen molar-refractivity contribution in [3.63, 3.8) is 0 Å². The van der Waals surface area contributed by atoms with Crippen LogP contribution in [-0.2, 0) is 4.79 Å². The maximum Gasteiger partial charge on any atom is 0.152 e. The van der Waals surface area contributed by atoms with Crippen LogP contribution in [-0.4, -0.2) is 11.3 Å². The van der Waals surface area contributed by atoms with Gasteiger partial charge in [-0.2, -0.15) is 0 Å². The first-order valence-electron chi connectivity index (χ1n) is 6.53. The summed E-state index contributed by atoms with van der Waals surface area (Å²) in [6, 6.07) is 0. The lowest BCUT2D eigenvalue weighted by Gasteiger charge is -2.32. The van der Waals surface area contributed by atoms with Crippen molar-refractivity contribution >= 4 is 5.78 Å². The third-order valence-electron chi connectivity index (χ3n) is 4.25. The second-order valence-corrected chi connectivity index (χ2v) is 5.49. The second kappa shape index (κ2) is 4.65. The molecule has 15 heavy (non-hydrogen) atoms. The van der Waals surface area contributed by atoms with Gasteiger partial charge in [0.25, 0.3) is 0 Å². The van der Waals surface area contributed by atoms with E-state index in [1.54, 1.807) is 0 Å². The van der Waals surface area contributed by atoms with Crippen LogP contribution in [0.3, 0.4) is 0 Å². The van der Waals surface area contributed by atoms with E-state index in [0.717, 1.165) is 32.1 Å². The molecule has 2 heteroatoms. The van der Waals surface area contributed by atoms with Crippen LogP contribution >= 0.6 is 0 Å². The van der Waals surface area contributed by atoms with Gasteiger partial charge in [0.15, 0.2) is 5.78 Å². The molecule has 0 aromatic rings. The largest absolute Gasteiger partial charge is 0.319 e. The lowest BCUT2D eigenvalue weighted by atomic mass is 9.77. The number of carbonyl (C=O) groups excluding carboxylic acids is 1. The zero-order valence-electron chi connectivity index (χ0n) is 9.63. The molecule has 86 valence electrons. The number of rotatable bonds is 3. The topological polar surface area (TPSA) is 43.1 Å². The van der Waals surface area contributed by atoms with E-state index < -0.39 is 5.54 Å². The van der Waals surface area contributed by atoms with Gasteiger partial charge in [-0.15, -0.1) is 0 Å². The molecule has 2 aliphatic rings. The predicted octanol–water partition coefficient (Wildman–Crippen LogP) is 2.80. The van der Waals surface area contributed by atoms with Gasteiger partial charge in [0.2, 0.25) is 0 Å². The molecule has 2 rings (SSSR count). The molecule has 0 aliphatic heterocycles. The van der Waals surface area contributed by atoms with Gasteiger partial charge in [-0.3, -0.25) is 4.79 Å². The Bertz CT molecular complexity index is 225. The van der Waals surface area contributed by atoms with Crippen molar-refractivity contribution in [1.29, 1.82) is 0 Å². The highest BCUT2D eigenvalue weighted by molar-refractivity contribution is 5.88. The van der Waals surface area contributed by atoms with Crippen molar-refractivity contribution in [3.05, 3.63) is 0 Å². The SMILES string of the molecule is NC1(C(=O)CC2CCCC2)CCCCC1. The minimum Gasteiger partial charge on any atom is -0.319 e. The highest BCUT2D eigenvalue weighted by Crippen LogP contribution is 2.33. The van der Waals surface area contributed by atoms with E-state index in [0.29, 0.717) is 11.7 Å². The molecule has 2 nitrogen and oxygen atoms in total. The molecule has 0 unspecified atom stereocenters. The van der Waals surface area contributed by atoms with Crippen LogP contribution in [0, 0.1) is 5.92 Å². The van der Waals surface area contributed by atoms with Crippen molar-refractivity contribution in [2.75, 3.05) is 0 Å². The summed E-state index contributed by atoms with van der Waals surface area (Å²) in [5.74, 6) is 1.01. The summed E-state index contributed by atoms with van der Waals surface area (Å²) < 4.78 is 0. The molecular weight excluding hydrogens is 186 g/mol. The molecule has 2 fully saturated rings. The maximum absolute atomic E-state index is 12.2. The molecule has 2 aliphatic carbocycles. The van der Waals surface area contributed by atoms with Crippen molar-refractivity contribution in [1.82, 2.24) is 0 Å². The van der Waals surface area contributed by atoms with E-state index in [2.05, 4.69) is 0 Å². The molecule has 2 saturated carbocycles. The van der Waals surface area contributed by atoms with Crippen molar-refractivity contribution in [2.24, 2.45) is 11.7 Å². The smallest absolute Gasteiger partial charge is 0.152 e. The Hall–Kier alpha value is -0.370. The number of ketones is 1. The summed E-state index contributed by atoms with van der Waals surface area (Å²) >= 11 is 0. The van der Waals surface area contributed by atoms with Gasteiger partial charge in [0.05, 0.1) is 5.54 Å². The Kier molecular flexibility index (Phi) is 3.45. The van der Waals surface area contributed by atoms with Crippen molar-refractivity contribution in [3.8, 4) is 0 Å². The third-order valence-corrected chi connectivity index (χ3v) is 4.25. The summed E-state index contributed by atoms with van der Waals surface area (Å²) in [6.07, 6.45) is 11.3. The number of Topliss-reactive ketones (excluding diaryl/α,β-unsaturated/α-hetero) is 1. The fourth-order valence-electron chi connectivity index (χ4n) is 3.14. The van der Waals surface area contributed by atoms with Gasteiger partial charge in [-0.05, 0) is 18.8 Å². The van der Waals surface area contributed by atoms with Gasteiger partial charge in [-0.25, -0.2) is 0 Å². The average Bonchev–Trinajstić information content (AvgIpc) is 2.71. The first-order chi connectivity index (χ1) is 7.21. The van der Waals surface area contributed by atoms with Crippen LogP contribution in [0.1, 0.15) is 64.2 Å². The molecule has 0 heterocycles. The Morgan fingerprint density at radius 2 is 1.67 bits per heavy atom. The van der Waals surface area contributed by atoms with E-state index in [1.165, 1.54) is 32.1 Å². The van der Waals surface area contributed by atoms with Crippen LogP contribution < -0.4 is 5.73 Å². The number of carbonyl (C=O) groups is 1. The summed E-state index contributed by atoms with van der Waals surface area (Å²) in [4.78, 5) is 12.2. The van der Waals surface area contributed by atoms with Gasteiger partial charge in [-0.1, -0.05) is 44.9 Å². The second-order valence-electron chi connectivity index (χ2n) is 5.49. The van der Waals surface area contributed by atoms with Gasteiger partial charge in [0.1, 0.15) is 0 Å². The zero-order chi connectivity index (χ0) is 10.7. The van der Waals surface area contributed by atoms with Crippen molar-refractivity contribution in [2.45, 2.75) is 69.7 Å². The molecule has 0 bridgehead atoms. The predicted molar refractivity (Wildman–Crippen MR) is 61.6 cm³/mol. The fourth-order valence-corrected chi connectivity index (χ4v) is 3.14. The lowest BCUT2D eigenvalue weighted by Crippen LogP contribution is -2.49. The van der Waals surface area contributed by atoms with E-state index >= 15 is 0 Å². The van der Waals surface area contributed by atoms with E-state index in [1.807, 2.05) is 0 Å². The van der Waals surface area contributed by atoms with E-state index in [4.69, 9.17) is 5.73 Å². The minimum absolute atomic E-state index is 0.356. The van der Waals surface area contributed by atoms with Gasteiger partial charge >= 0.3 is 0 Å². The summed E-state index contributed by atoms with van der Waals surface area (Å²) in [5, 5.41) is 0. The van der Waals surface area contributed by atoms with E-state index in [9.17, 15) is 4.79 Å². The van der Waals surface area contributed by atoms with Gasteiger partial charge < -0.3 is 5.73 Å². The Morgan fingerprint density at radius 3 is 2.27 bits per heavy atom. The normalized spacial score (nSPS) is 26.7. The molecule has 2 N–H and O–H groups in total. The van der Waals surface area contributed by atoms with Crippen LogP contribution in [0.2, 0.25) is 0 Å². The number of hydrogen-bond acceptors (Lipinski definition) is 2. The molecule has 0 aromatic heterocycles. The summed E-state index contributed by atoms with van der Waals surface area (Å²) in [6.45, 7) is 0. The average molecular weight is 209 g/mol. The quantitative estimate of drug-likeness (QED) is 0.776. The third kappa shape index (κ3) is 2.60. The van der Waals surface area contributed by atoms with Crippen LogP contribution in [0.15, 0.2) is 0 Å². The molecular formula is C13H23NO. The standard InChI is InChI=1S/C13H23NO/c14-13(8-4-1-5-9-13)12(15)10-11-6-2-3-7-11/h11H,1-10,14H2.